The topological polar surface area (TPSA) is 179 Å². The standard InChI is InChI=1S/C22H22O11/c1-9(23)30-8-18-19(28)20(29)22(33-18)32-17-7-12-14(26)5-11(24)6-16(12)31-21(17)10-2-3-13(25)15(27)4-10/h2-7,18-22,24-29H,8H2,1H3/p+1/t18-,19-,20+,21?,22+/m1/s1. The van der Waals surface area contributed by atoms with Gasteiger partial charge in [0.25, 0.3) is 11.9 Å². The molecule has 33 heavy (non-hydrogen) atoms. The Hall–Kier alpha value is -3.67. The van der Waals surface area contributed by atoms with E-state index >= 15 is 0 Å². The second-order valence-electron chi connectivity index (χ2n) is 7.67. The molecule has 4 rings (SSSR count). The molecule has 2 aliphatic heterocycles. The SMILES string of the molecule is CC(=O)OC[C@H]1O[C@H](OC2=Cc3c(O)cc(O)cc3[OH+]C2c2ccc(O)c(O)c2)[C@@H](O)[C@@H]1O. The molecule has 5 atom stereocenters. The highest BCUT2D eigenvalue weighted by Crippen LogP contribution is 2.46. The quantitative estimate of drug-likeness (QED) is 0.212. The third-order valence-electron chi connectivity index (χ3n) is 5.28. The number of fused-ring (bicyclic) bond motifs is 1. The third kappa shape index (κ3) is 4.46. The van der Waals surface area contributed by atoms with Gasteiger partial charge in [0.1, 0.15) is 42.0 Å². The van der Waals surface area contributed by atoms with E-state index in [0.717, 1.165) is 6.07 Å². The monoisotopic (exact) mass is 463 g/mol. The van der Waals surface area contributed by atoms with Gasteiger partial charge in [-0.05, 0) is 18.2 Å². The highest BCUT2D eigenvalue weighted by atomic mass is 16.7. The highest BCUT2D eigenvalue weighted by molar-refractivity contribution is 5.69. The van der Waals surface area contributed by atoms with E-state index in [9.17, 15) is 35.4 Å². The number of carbonyl (C=O) groups is 1. The molecular formula is C22H23O11+. The van der Waals surface area contributed by atoms with Crippen LogP contribution in [0.2, 0.25) is 0 Å². The lowest BCUT2D eigenvalue weighted by Gasteiger charge is -2.28. The van der Waals surface area contributed by atoms with E-state index in [1.807, 2.05) is 0 Å². The molecule has 11 heteroatoms. The highest BCUT2D eigenvalue weighted by Gasteiger charge is 2.46. The second kappa shape index (κ2) is 8.70. The average Bonchev–Trinajstić information content (AvgIpc) is 3.02. The fourth-order valence-electron chi connectivity index (χ4n) is 3.62. The van der Waals surface area contributed by atoms with Crippen LogP contribution in [0.25, 0.3) is 6.08 Å². The van der Waals surface area contributed by atoms with Gasteiger partial charge in [0.2, 0.25) is 6.29 Å². The molecule has 0 amide bonds. The summed E-state index contributed by atoms with van der Waals surface area (Å²) in [5.74, 6) is -1.51. The number of aromatic hydroxyl groups is 5. The van der Waals surface area contributed by atoms with Crippen molar-refractivity contribution in [3.8, 4) is 28.7 Å². The van der Waals surface area contributed by atoms with Gasteiger partial charge in [-0.25, -0.2) is 0 Å². The minimum absolute atomic E-state index is 0.0814. The van der Waals surface area contributed by atoms with Gasteiger partial charge in [-0.15, -0.1) is 0 Å². The van der Waals surface area contributed by atoms with E-state index < -0.39 is 42.4 Å². The molecule has 0 aliphatic carbocycles. The Labute approximate surface area is 187 Å². The third-order valence-corrected chi connectivity index (χ3v) is 5.28. The number of hydrogen-bond acceptors (Lipinski definition) is 10. The Morgan fingerprint density at radius 2 is 1.79 bits per heavy atom. The van der Waals surface area contributed by atoms with Crippen molar-refractivity contribution in [2.45, 2.75) is 37.6 Å². The average molecular weight is 463 g/mol. The maximum absolute atomic E-state index is 11.1. The van der Waals surface area contributed by atoms with Crippen LogP contribution in [-0.2, 0) is 19.0 Å². The van der Waals surface area contributed by atoms with Gasteiger partial charge in [0, 0.05) is 19.1 Å². The molecule has 2 aromatic rings. The van der Waals surface area contributed by atoms with Crippen LogP contribution in [0.3, 0.4) is 0 Å². The number of phenols is 4. The fourth-order valence-corrected chi connectivity index (χ4v) is 3.62. The van der Waals surface area contributed by atoms with Gasteiger partial charge < -0.3 is 49.6 Å². The van der Waals surface area contributed by atoms with Crippen LogP contribution >= 0.6 is 0 Å². The first-order valence-electron chi connectivity index (χ1n) is 9.96. The maximum Gasteiger partial charge on any atom is 0.302 e. The number of aliphatic hydroxyl groups is 3. The summed E-state index contributed by atoms with van der Waals surface area (Å²) < 4.78 is 20.7. The van der Waals surface area contributed by atoms with Gasteiger partial charge in [-0.1, -0.05) is 0 Å². The molecule has 0 aromatic heterocycles. The fraction of sp³-hybridized carbons (Fsp3) is 0.318. The Morgan fingerprint density at radius 1 is 1.03 bits per heavy atom. The van der Waals surface area contributed by atoms with Crippen molar-refractivity contribution >= 4 is 12.0 Å². The van der Waals surface area contributed by atoms with E-state index in [1.54, 1.807) is 0 Å². The van der Waals surface area contributed by atoms with Gasteiger partial charge >= 0.3 is 5.97 Å². The summed E-state index contributed by atoms with van der Waals surface area (Å²) in [5.41, 5.74) is 0.612. The summed E-state index contributed by atoms with van der Waals surface area (Å²) in [4.78, 5) is 11.1. The Bertz CT molecular complexity index is 1100. The normalized spacial score (nSPS) is 26.2. The number of hydrogen-bond donors (Lipinski definition) is 6. The van der Waals surface area contributed by atoms with Crippen LogP contribution < -0.4 is 0 Å². The maximum atomic E-state index is 11.1. The zero-order valence-corrected chi connectivity index (χ0v) is 17.3. The molecule has 1 saturated heterocycles. The van der Waals surface area contributed by atoms with Gasteiger partial charge in [0.15, 0.2) is 17.3 Å². The number of esters is 1. The molecule has 11 nitrogen and oxygen atoms in total. The largest absolute Gasteiger partial charge is 0.571 e. The molecule has 176 valence electrons. The van der Waals surface area contributed by atoms with Crippen LogP contribution in [0.15, 0.2) is 36.1 Å². The molecule has 0 saturated carbocycles. The minimum atomic E-state index is -1.49. The lowest BCUT2D eigenvalue weighted by atomic mass is 10.0. The van der Waals surface area contributed by atoms with Crippen LogP contribution in [-0.4, -0.2) is 72.6 Å². The first kappa shape index (κ1) is 22.5. The smallest absolute Gasteiger partial charge is 0.302 e. The number of phenolic OH excluding ortho intramolecular Hbond substituents is 4. The molecule has 0 spiro atoms. The molecule has 2 aliphatic rings. The van der Waals surface area contributed by atoms with E-state index in [-0.39, 0.29) is 40.9 Å². The van der Waals surface area contributed by atoms with E-state index in [4.69, 9.17) is 14.2 Å². The predicted octanol–water partition coefficient (Wildman–Crippen LogP) is 0.872. The van der Waals surface area contributed by atoms with Crippen molar-refractivity contribution < 1.29 is 54.4 Å². The molecule has 7 N–H and O–H groups in total. The van der Waals surface area contributed by atoms with Crippen LogP contribution in [0.5, 0.6) is 28.7 Å². The number of aliphatic hydroxyl groups excluding tert-OH is 2. The van der Waals surface area contributed by atoms with Crippen molar-refractivity contribution in [2.24, 2.45) is 0 Å². The summed E-state index contributed by atoms with van der Waals surface area (Å²) in [6.07, 6.45) is -4.79. The van der Waals surface area contributed by atoms with E-state index in [1.165, 1.54) is 37.3 Å². The first-order chi connectivity index (χ1) is 15.6. The summed E-state index contributed by atoms with van der Waals surface area (Å²) in [6.45, 7) is 0.897. The zero-order valence-electron chi connectivity index (χ0n) is 17.3. The summed E-state index contributed by atoms with van der Waals surface area (Å²) >= 11 is 0. The number of ether oxygens (including phenoxy) is 4. The molecule has 0 radical (unpaired) electrons. The molecule has 0 bridgehead atoms. The van der Waals surface area contributed by atoms with Crippen molar-refractivity contribution in [1.29, 1.82) is 0 Å². The summed E-state index contributed by atoms with van der Waals surface area (Å²) in [7, 11) is 0. The molecule has 2 heterocycles. The number of rotatable bonds is 5. The predicted molar refractivity (Wildman–Crippen MR) is 110 cm³/mol. The minimum Gasteiger partial charge on any atom is -0.571 e. The van der Waals surface area contributed by atoms with Gasteiger partial charge in [-0.2, -0.15) is 0 Å². The van der Waals surface area contributed by atoms with Crippen molar-refractivity contribution in [1.82, 2.24) is 0 Å². The van der Waals surface area contributed by atoms with E-state index in [0.29, 0.717) is 5.56 Å². The lowest BCUT2D eigenvalue weighted by Crippen LogP contribution is -2.35. The van der Waals surface area contributed by atoms with Crippen molar-refractivity contribution in [3.63, 3.8) is 0 Å². The van der Waals surface area contributed by atoms with Gasteiger partial charge in [0.05, 0.1) is 11.6 Å². The summed E-state index contributed by atoms with van der Waals surface area (Å²) in [6, 6.07) is 6.45. The zero-order chi connectivity index (χ0) is 23.9. The van der Waals surface area contributed by atoms with Crippen LogP contribution in [0.4, 0.5) is 0 Å². The Kier molecular flexibility index (Phi) is 5.93. The first-order valence-corrected chi connectivity index (χ1v) is 9.96. The molecule has 2 aromatic carbocycles. The van der Waals surface area contributed by atoms with E-state index in [2.05, 4.69) is 4.74 Å². The summed E-state index contributed by atoms with van der Waals surface area (Å²) in [5, 5.41) is 60.3. The lowest BCUT2D eigenvalue weighted by molar-refractivity contribution is -0.171. The molecule has 1 unspecified atom stereocenters. The van der Waals surface area contributed by atoms with Crippen molar-refractivity contribution in [3.05, 3.63) is 47.2 Å². The molecule has 1 fully saturated rings. The Balaban J connectivity index is 1.67. The van der Waals surface area contributed by atoms with Crippen LogP contribution in [0.1, 0.15) is 24.2 Å². The van der Waals surface area contributed by atoms with Crippen LogP contribution in [0, 0.1) is 0 Å². The second-order valence-corrected chi connectivity index (χ2v) is 7.67. The van der Waals surface area contributed by atoms with Crippen molar-refractivity contribution in [2.75, 3.05) is 6.61 Å². The number of carbonyl (C=O) groups excluding carboxylic acids is 1. The van der Waals surface area contributed by atoms with Gasteiger partial charge in [-0.3, -0.25) is 4.79 Å². The Morgan fingerprint density at radius 3 is 2.48 bits per heavy atom. The number of benzene rings is 2. The molecular weight excluding hydrogens is 440 g/mol.